The number of aromatic nitrogens is 2. The second kappa shape index (κ2) is 6.89. The fraction of sp³-hybridized carbons (Fsp3) is 0.250. The highest BCUT2D eigenvalue weighted by molar-refractivity contribution is 7.16. The number of nitrogens with zero attached hydrogens (tertiary/aromatic N) is 2. The molecule has 0 radical (unpaired) electrons. The summed E-state index contributed by atoms with van der Waals surface area (Å²) < 4.78 is 0. The van der Waals surface area contributed by atoms with Crippen molar-refractivity contribution in [2.45, 2.75) is 32.6 Å². The Kier molecular flexibility index (Phi) is 4.42. The number of carbonyl (C=O) groups is 1. The lowest BCUT2D eigenvalue weighted by atomic mass is 9.96. The van der Waals surface area contributed by atoms with E-state index in [0.29, 0.717) is 21.8 Å². The number of aryl methyl sites for hydroxylation is 2. The third-order valence-electron chi connectivity index (χ3n) is 4.85. The molecule has 6 nitrogen and oxygen atoms in total. The Hall–Kier alpha value is -3.11. The van der Waals surface area contributed by atoms with Gasteiger partial charge in [0, 0.05) is 10.4 Å². The van der Waals surface area contributed by atoms with Gasteiger partial charge in [0.25, 0.3) is 5.91 Å². The van der Waals surface area contributed by atoms with Gasteiger partial charge in [0.1, 0.15) is 22.5 Å². The summed E-state index contributed by atoms with van der Waals surface area (Å²) >= 11 is 1.49. The van der Waals surface area contributed by atoms with Crippen LogP contribution in [0.3, 0.4) is 0 Å². The van der Waals surface area contributed by atoms with Crippen LogP contribution in [-0.4, -0.2) is 21.2 Å². The molecule has 27 heavy (non-hydrogen) atoms. The molecule has 136 valence electrons. The average Bonchev–Trinajstić information content (AvgIpc) is 3.28. The maximum atomic E-state index is 12.6. The van der Waals surface area contributed by atoms with Crippen LogP contribution in [-0.2, 0) is 12.8 Å². The van der Waals surface area contributed by atoms with Crippen molar-refractivity contribution in [1.29, 1.82) is 5.26 Å². The number of nitrogens with one attached hydrogen (secondary N) is 2. The molecule has 0 atom stereocenters. The lowest BCUT2D eigenvalue weighted by Gasteiger charge is -2.09. The van der Waals surface area contributed by atoms with E-state index in [1.165, 1.54) is 16.2 Å². The van der Waals surface area contributed by atoms with Crippen molar-refractivity contribution in [2.75, 3.05) is 5.32 Å². The first-order valence-corrected chi connectivity index (χ1v) is 9.60. The Bertz CT molecular complexity index is 1070. The van der Waals surface area contributed by atoms with E-state index in [-0.39, 0.29) is 17.4 Å². The number of hydrogen-bond acceptors (Lipinski definition) is 5. The zero-order chi connectivity index (χ0) is 19.0. The normalized spacial score (nSPS) is 13.0. The number of aromatic amines is 1. The van der Waals surface area contributed by atoms with Gasteiger partial charge >= 0.3 is 0 Å². The fourth-order valence-corrected chi connectivity index (χ4v) is 4.62. The zero-order valence-electron chi connectivity index (χ0n) is 14.8. The number of phenolic OH excluding ortho intramolecular Hbond substituents is 1. The average molecular weight is 378 g/mol. The molecule has 2 aromatic heterocycles. The molecule has 0 saturated heterocycles. The number of thiophene rings is 1. The van der Waals surface area contributed by atoms with Gasteiger partial charge in [0.15, 0.2) is 0 Å². The maximum absolute atomic E-state index is 12.6. The highest BCUT2D eigenvalue weighted by Gasteiger charge is 2.23. The van der Waals surface area contributed by atoms with Crippen molar-refractivity contribution < 1.29 is 9.90 Å². The van der Waals surface area contributed by atoms with E-state index in [1.54, 1.807) is 25.1 Å². The quantitative estimate of drug-likeness (QED) is 0.637. The maximum Gasteiger partial charge on any atom is 0.274 e. The molecule has 1 amide bonds. The summed E-state index contributed by atoms with van der Waals surface area (Å²) in [6, 6.07) is 9.23. The van der Waals surface area contributed by atoms with Crippen LogP contribution in [0.25, 0.3) is 11.3 Å². The third kappa shape index (κ3) is 3.09. The summed E-state index contributed by atoms with van der Waals surface area (Å²) in [6.07, 6.45) is 4.06. The summed E-state index contributed by atoms with van der Waals surface area (Å²) in [5.41, 5.74) is 3.74. The monoisotopic (exact) mass is 378 g/mol. The Morgan fingerprint density at radius 3 is 3.00 bits per heavy atom. The standard InChI is InChI=1S/C20H18N4O2S/c1-11-5-4-7-13(18(11)25)15-9-16(24-23-15)19(26)22-20-14(10-21)12-6-2-3-8-17(12)27-20/h4-5,7,9,25H,2-3,6,8H2,1H3,(H,22,26)(H,23,24). The number of rotatable bonds is 3. The molecule has 0 spiro atoms. The summed E-state index contributed by atoms with van der Waals surface area (Å²) in [6.45, 7) is 1.81. The van der Waals surface area contributed by atoms with Crippen molar-refractivity contribution in [3.63, 3.8) is 0 Å². The number of para-hydroxylation sites is 1. The second-order valence-corrected chi connectivity index (χ2v) is 7.72. The van der Waals surface area contributed by atoms with Crippen molar-refractivity contribution in [1.82, 2.24) is 10.2 Å². The Balaban J connectivity index is 1.60. The number of anilines is 1. The van der Waals surface area contributed by atoms with E-state index in [2.05, 4.69) is 21.6 Å². The van der Waals surface area contributed by atoms with E-state index < -0.39 is 0 Å². The third-order valence-corrected chi connectivity index (χ3v) is 6.05. The lowest BCUT2D eigenvalue weighted by Crippen LogP contribution is -2.12. The molecular formula is C20H18N4O2S. The van der Waals surface area contributed by atoms with Gasteiger partial charge in [-0.2, -0.15) is 10.4 Å². The van der Waals surface area contributed by atoms with Crippen LogP contribution in [0.5, 0.6) is 5.75 Å². The molecule has 7 heteroatoms. The first kappa shape index (κ1) is 17.3. The minimum atomic E-state index is -0.351. The summed E-state index contributed by atoms with van der Waals surface area (Å²) in [7, 11) is 0. The van der Waals surface area contributed by atoms with Crippen molar-refractivity contribution in [3.8, 4) is 23.1 Å². The number of carbonyl (C=O) groups excluding carboxylic acids is 1. The van der Waals surface area contributed by atoms with Crippen LogP contribution in [0, 0.1) is 18.3 Å². The first-order valence-electron chi connectivity index (χ1n) is 8.79. The van der Waals surface area contributed by atoms with Gasteiger partial charge in [-0.25, -0.2) is 0 Å². The molecular weight excluding hydrogens is 360 g/mol. The molecule has 0 aliphatic heterocycles. The molecule has 4 rings (SSSR count). The highest BCUT2D eigenvalue weighted by atomic mass is 32.1. The van der Waals surface area contributed by atoms with Gasteiger partial charge in [0.2, 0.25) is 0 Å². The molecule has 1 aromatic carbocycles. The molecule has 1 aliphatic carbocycles. The first-order chi connectivity index (χ1) is 13.1. The number of hydrogen-bond donors (Lipinski definition) is 3. The molecule has 0 unspecified atom stereocenters. The Morgan fingerprint density at radius 2 is 2.19 bits per heavy atom. The van der Waals surface area contributed by atoms with E-state index in [4.69, 9.17) is 0 Å². The van der Waals surface area contributed by atoms with Crippen LogP contribution >= 0.6 is 11.3 Å². The van der Waals surface area contributed by atoms with Gasteiger partial charge in [-0.3, -0.25) is 9.89 Å². The number of H-pyrrole nitrogens is 1. The predicted molar refractivity (Wildman–Crippen MR) is 104 cm³/mol. The van der Waals surface area contributed by atoms with Gasteiger partial charge < -0.3 is 10.4 Å². The number of fused-ring (bicyclic) bond motifs is 1. The fourth-order valence-electron chi connectivity index (χ4n) is 3.38. The van der Waals surface area contributed by atoms with Crippen LogP contribution in [0.2, 0.25) is 0 Å². The number of phenols is 1. The van der Waals surface area contributed by atoms with E-state index in [0.717, 1.165) is 36.8 Å². The number of benzene rings is 1. The van der Waals surface area contributed by atoms with Crippen LogP contribution < -0.4 is 5.32 Å². The topological polar surface area (TPSA) is 102 Å². The minimum absolute atomic E-state index is 0.147. The summed E-state index contributed by atoms with van der Waals surface area (Å²) in [4.78, 5) is 13.8. The molecule has 3 N–H and O–H groups in total. The summed E-state index contributed by atoms with van der Waals surface area (Å²) in [5.74, 6) is -0.204. The minimum Gasteiger partial charge on any atom is -0.507 e. The number of aromatic hydroxyl groups is 1. The second-order valence-electron chi connectivity index (χ2n) is 6.62. The molecule has 3 aromatic rings. The molecule has 0 bridgehead atoms. The number of nitriles is 1. The Labute approximate surface area is 160 Å². The largest absolute Gasteiger partial charge is 0.507 e. The van der Waals surface area contributed by atoms with Crippen molar-refractivity contribution in [2.24, 2.45) is 0 Å². The van der Waals surface area contributed by atoms with E-state index in [9.17, 15) is 15.2 Å². The highest BCUT2D eigenvalue weighted by Crippen LogP contribution is 2.38. The molecule has 2 heterocycles. The predicted octanol–water partition coefficient (Wildman–Crippen LogP) is 4.16. The molecule has 0 fully saturated rings. The van der Waals surface area contributed by atoms with E-state index >= 15 is 0 Å². The molecule has 1 aliphatic rings. The van der Waals surface area contributed by atoms with Gasteiger partial charge in [-0.05, 0) is 55.9 Å². The van der Waals surface area contributed by atoms with Gasteiger partial charge in [-0.15, -0.1) is 11.3 Å². The van der Waals surface area contributed by atoms with Crippen LogP contribution in [0.1, 0.15) is 44.9 Å². The zero-order valence-corrected chi connectivity index (χ0v) is 15.6. The summed E-state index contributed by atoms with van der Waals surface area (Å²) in [5, 5.41) is 30.0. The Morgan fingerprint density at radius 1 is 1.37 bits per heavy atom. The molecule has 0 saturated carbocycles. The van der Waals surface area contributed by atoms with Crippen molar-refractivity contribution in [3.05, 3.63) is 51.5 Å². The van der Waals surface area contributed by atoms with Crippen LogP contribution in [0.4, 0.5) is 5.00 Å². The van der Waals surface area contributed by atoms with E-state index in [1.807, 2.05) is 6.07 Å². The van der Waals surface area contributed by atoms with Crippen LogP contribution in [0.15, 0.2) is 24.3 Å². The smallest absolute Gasteiger partial charge is 0.274 e. The van der Waals surface area contributed by atoms with Gasteiger partial charge in [-0.1, -0.05) is 12.1 Å². The van der Waals surface area contributed by atoms with Crippen molar-refractivity contribution >= 4 is 22.2 Å². The van der Waals surface area contributed by atoms with Gasteiger partial charge in [0.05, 0.1) is 11.3 Å². The lowest BCUT2D eigenvalue weighted by molar-refractivity contribution is 0.102. The SMILES string of the molecule is Cc1cccc(-c2cc(C(=O)Nc3sc4c(c3C#N)CCCC4)[nH]n2)c1O. The number of amides is 1.